The van der Waals surface area contributed by atoms with Gasteiger partial charge in [-0.3, -0.25) is 0 Å². The summed E-state index contributed by atoms with van der Waals surface area (Å²) in [5, 5.41) is 2.15. The van der Waals surface area contributed by atoms with E-state index in [2.05, 4.69) is 11.4 Å². The summed E-state index contributed by atoms with van der Waals surface area (Å²) in [6, 6.07) is 2.20. The Labute approximate surface area is 130 Å². The first kappa shape index (κ1) is 14.9. The van der Waals surface area contributed by atoms with Gasteiger partial charge in [-0.2, -0.15) is 0 Å². The second-order valence-corrected chi connectivity index (χ2v) is 7.82. The maximum absolute atomic E-state index is 12.1. The molecule has 21 heavy (non-hydrogen) atoms. The number of carbonyl (C=O) groups excluding carboxylic acids is 1. The van der Waals surface area contributed by atoms with Gasteiger partial charge < -0.3 is 14.4 Å². The zero-order chi connectivity index (χ0) is 15.1. The molecular formula is C16H23NO3S. The van der Waals surface area contributed by atoms with Crippen LogP contribution in [0.15, 0.2) is 11.4 Å². The van der Waals surface area contributed by atoms with Crippen LogP contribution in [0.2, 0.25) is 0 Å². The molecule has 4 nitrogen and oxygen atoms in total. The van der Waals surface area contributed by atoms with E-state index < -0.39 is 5.60 Å². The number of piperidine rings is 1. The summed E-state index contributed by atoms with van der Waals surface area (Å²) in [5.74, 6) is 0. The minimum Gasteiger partial charge on any atom is -0.444 e. The van der Waals surface area contributed by atoms with Crippen LogP contribution in [0.1, 0.15) is 44.1 Å². The molecule has 5 heteroatoms. The Balaban J connectivity index is 1.68. The molecule has 1 spiro atoms. The Hall–Kier alpha value is -1.07. The SMILES string of the molecule is CC(C)(C)OC(=O)N1CCC2(CC1)OCCc1sccc12. The zero-order valence-corrected chi connectivity index (χ0v) is 13.8. The molecule has 0 bridgehead atoms. The van der Waals surface area contributed by atoms with E-state index in [-0.39, 0.29) is 11.7 Å². The molecule has 0 radical (unpaired) electrons. The van der Waals surface area contributed by atoms with Crippen LogP contribution >= 0.6 is 11.3 Å². The van der Waals surface area contributed by atoms with Gasteiger partial charge in [0, 0.05) is 24.4 Å². The van der Waals surface area contributed by atoms with E-state index in [4.69, 9.17) is 9.47 Å². The highest BCUT2D eigenvalue weighted by molar-refractivity contribution is 7.10. The quantitative estimate of drug-likeness (QED) is 0.735. The van der Waals surface area contributed by atoms with Crippen molar-refractivity contribution in [2.45, 2.75) is 51.2 Å². The van der Waals surface area contributed by atoms with Crippen LogP contribution in [0, 0.1) is 0 Å². The average molecular weight is 309 g/mol. The summed E-state index contributed by atoms with van der Waals surface area (Å²) in [5.41, 5.74) is 0.739. The predicted octanol–water partition coefficient (Wildman–Crippen LogP) is 3.55. The number of amides is 1. The maximum atomic E-state index is 12.1. The molecule has 1 amide bonds. The topological polar surface area (TPSA) is 38.8 Å². The van der Waals surface area contributed by atoms with Crippen LogP contribution in [0.3, 0.4) is 0 Å². The van der Waals surface area contributed by atoms with E-state index >= 15 is 0 Å². The Kier molecular flexibility index (Phi) is 3.74. The molecule has 0 saturated carbocycles. The zero-order valence-electron chi connectivity index (χ0n) is 13.0. The molecule has 1 saturated heterocycles. The van der Waals surface area contributed by atoms with Crippen molar-refractivity contribution in [1.82, 2.24) is 4.90 Å². The number of likely N-dealkylation sites (tertiary alicyclic amines) is 1. The van der Waals surface area contributed by atoms with Gasteiger partial charge >= 0.3 is 6.09 Å². The molecule has 116 valence electrons. The third kappa shape index (κ3) is 2.94. The number of ether oxygens (including phenoxy) is 2. The molecule has 0 aliphatic carbocycles. The van der Waals surface area contributed by atoms with Crippen molar-refractivity contribution in [3.05, 3.63) is 21.9 Å². The van der Waals surface area contributed by atoms with E-state index in [9.17, 15) is 4.79 Å². The molecular weight excluding hydrogens is 286 g/mol. The summed E-state index contributed by atoms with van der Waals surface area (Å²) in [4.78, 5) is 15.4. The van der Waals surface area contributed by atoms with Crippen LogP contribution in [-0.2, 0) is 21.5 Å². The molecule has 3 rings (SSSR count). The average Bonchev–Trinajstić information content (AvgIpc) is 2.87. The molecule has 0 N–H and O–H groups in total. The third-order valence-corrected chi connectivity index (χ3v) is 5.15. The van der Waals surface area contributed by atoms with Gasteiger partial charge in [0.1, 0.15) is 5.60 Å². The van der Waals surface area contributed by atoms with Crippen molar-refractivity contribution in [2.75, 3.05) is 19.7 Å². The van der Waals surface area contributed by atoms with Gasteiger partial charge in [0.05, 0.1) is 12.2 Å². The van der Waals surface area contributed by atoms with Gasteiger partial charge in [-0.15, -0.1) is 11.3 Å². The van der Waals surface area contributed by atoms with Gasteiger partial charge in [0.2, 0.25) is 0 Å². The third-order valence-electron chi connectivity index (χ3n) is 4.17. The van der Waals surface area contributed by atoms with Crippen molar-refractivity contribution in [3.63, 3.8) is 0 Å². The molecule has 3 heterocycles. The van der Waals surface area contributed by atoms with Crippen molar-refractivity contribution in [1.29, 1.82) is 0 Å². The molecule has 1 aromatic rings. The number of carbonyl (C=O) groups is 1. The van der Waals surface area contributed by atoms with Crippen LogP contribution in [0.25, 0.3) is 0 Å². The molecule has 2 aliphatic heterocycles. The number of nitrogens with zero attached hydrogens (tertiary/aromatic N) is 1. The van der Waals surface area contributed by atoms with Gasteiger partial charge in [-0.25, -0.2) is 4.79 Å². The number of hydrogen-bond acceptors (Lipinski definition) is 4. The minimum atomic E-state index is -0.436. The first-order valence-corrected chi connectivity index (χ1v) is 8.46. The monoisotopic (exact) mass is 309 g/mol. The van der Waals surface area contributed by atoms with E-state index in [0.29, 0.717) is 13.1 Å². The number of rotatable bonds is 0. The first-order chi connectivity index (χ1) is 9.90. The van der Waals surface area contributed by atoms with Crippen LogP contribution in [0.4, 0.5) is 4.79 Å². The highest BCUT2D eigenvalue weighted by Gasteiger charge is 2.42. The summed E-state index contributed by atoms with van der Waals surface area (Å²) < 4.78 is 11.6. The summed E-state index contributed by atoms with van der Waals surface area (Å²) in [7, 11) is 0. The van der Waals surface area contributed by atoms with Gasteiger partial charge in [-0.1, -0.05) is 0 Å². The van der Waals surface area contributed by atoms with Crippen LogP contribution < -0.4 is 0 Å². The van der Waals surface area contributed by atoms with E-state index in [1.165, 1.54) is 10.4 Å². The minimum absolute atomic E-state index is 0.175. The summed E-state index contributed by atoms with van der Waals surface area (Å²) >= 11 is 1.82. The van der Waals surface area contributed by atoms with Gasteiger partial charge in [0.15, 0.2) is 0 Å². The Morgan fingerprint density at radius 2 is 2.10 bits per heavy atom. The van der Waals surface area contributed by atoms with E-state index in [1.807, 2.05) is 32.1 Å². The lowest BCUT2D eigenvalue weighted by atomic mass is 9.82. The standard InChI is InChI=1S/C16H23NO3S/c1-15(2,3)20-14(18)17-8-6-16(7-9-17)12-5-11-21-13(12)4-10-19-16/h5,11H,4,6-10H2,1-3H3. The van der Waals surface area contributed by atoms with Gasteiger partial charge in [0.25, 0.3) is 0 Å². The largest absolute Gasteiger partial charge is 0.444 e. The highest BCUT2D eigenvalue weighted by Crippen LogP contribution is 2.43. The number of thiophene rings is 1. The van der Waals surface area contributed by atoms with Crippen molar-refractivity contribution < 1.29 is 14.3 Å². The van der Waals surface area contributed by atoms with Gasteiger partial charge in [-0.05, 0) is 50.6 Å². The Morgan fingerprint density at radius 3 is 2.76 bits per heavy atom. The number of hydrogen-bond donors (Lipinski definition) is 0. The fraction of sp³-hybridized carbons (Fsp3) is 0.688. The van der Waals surface area contributed by atoms with Crippen molar-refractivity contribution in [2.24, 2.45) is 0 Å². The Morgan fingerprint density at radius 1 is 1.38 bits per heavy atom. The molecule has 0 unspecified atom stereocenters. The normalized spacial score (nSPS) is 21.2. The molecule has 2 aliphatic rings. The number of fused-ring (bicyclic) bond motifs is 2. The first-order valence-electron chi connectivity index (χ1n) is 7.58. The fourth-order valence-electron chi connectivity index (χ4n) is 3.15. The molecule has 1 fully saturated rings. The fourth-order valence-corrected chi connectivity index (χ4v) is 4.10. The Bertz CT molecular complexity index is 524. The predicted molar refractivity (Wildman–Crippen MR) is 82.7 cm³/mol. The van der Waals surface area contributed by atoms with Crippen molar-refractivity contribution in [3.8, 4) is 0 Å². The lowest BCUT2D eigenvalue weighted by Crippen LogP contribution is -2.49. The lowest BCUT2D eigenvalue weighted by molar-refractivity contribution is -0.0969. The smallest absolute Gasteiger partial charge is 0.410 e. The summed E-state index contributed by atoms with van der Waals surface area (Å²) in [6.07, 6.45) is 2.52. The van der Waals surface area contributed by atoms with Crippen LogP contribution in [-0.4, -0.2) is 36.3 Å². The van der Waals surface area contributed by atoms with Crippen LogP contribution in [0.5, 0.6) is 0 Å². The maximum Gasteiger partial charge on any atom is 0.410 e. The van der Waals surface area contributed by atoms with E-state index in [0.717, 1.165) is 25.9 Å². The van der Waals surface area contributed by atoms with Crippen molar-refractivity contribution >= 4 is 17.4 Å². The lowest BCUT2D eigenvalue weighted by Gasteiger charge is -2.44. The van der Waals surface area contributed by atoms with E-state index in [1.54, 1.807) is 4.90 Å². The molecule has 1 aromatic heterocycles. The second-order valence-electron chi connectivity index (χ2n) is 6.82. The molecule has 0 aromatic carbocycles. The molecule has 0 atom stereocenters. The second kappa shape index (κ2) is 5.29. The highest BCUT2D eigenvalue weighted by atomic mass is 32.1. The summed E-state index contributed by atoms with van der Waals surface area (Å²) in [6.45, 7) is 7.89.